The number of carbonyl (C=O) groups excluding carboxylic acids is 4. The van der Waals surface area contributed by atoms with Crippen molar-refractivity contribution in [3.8, 4) is 5.75 Å². The Kier molecular flexibility index (Phi) is 6.71. The molecule has 2 aliphatic heterocycles. The summed E-state index contributed by atoms with van der Waals surface area (Å²) in [7, 11) is 0. The number of ether oxygens (including phenoxy) is 1. The first kappa shape index (κ1) is 26.1. The van der Waals surface area contributed by atoms with E-state index in [1.165, 1.54) is 23.2 Å². The molecule has 0 saturated carbocycles. The third kappa shape index (κ3) is 5.40. The van der Waals surface area contributed by atoms with Gasteiger partial charge in [0, 0.05) is 43.1 Å². The number of fused-ring (bicyclic) bond motifs is 1. The maximum Gasteiger partial charge on any atom is 0.573 e. The first-order valence-electron chi connectivity index (χ1n) is 12.1. The van der Waals surface area contributed by atoms with Gasteiger partial charge in [-0.05, 0) is 42.2 Å². The number of nitrogens with zero attached hydrogens (tertiary/aromatic N) is 2. The van der Waals surface area contributed by atoms with Gasteiger partial charge in [-0.15, -0.1) is 13.2 Å². The zero-order valence-corrected chi connectivity index (χ0v) is 20.3. The van der Waals surface area contributed by atoms with Crippen LogP contribution in [-0.2, 0) is 20.9 Å². The van der Waals surface area contributed by atoms with Crippen molar-refractivity contribution >= 4 is 35.4 Å². The Morgan fingerprint density at radius 3 is 2.46 bits per heavy atom. The van der Waals surface area contributed by atoms with Crippen LogP contribution in [0.4, 0.5) is 18.9 Å². The predicted octanol–water partition coefficient (Wildman–Crippen LogP) is 4.01. The molecule has 2 unspecified atom stereocenters. The number of hydrogen-bond donors (Lipinski definition) is 2. The van der Waals surface area contributed by atoms with Crippen molar-refractivity contribution in [3.63, 3.8) is 0 Å². The Bertz CT molecular complexity index is 1430. The van der Waals surface area contributed by atoms with Crippen LogP contribution in [0.15, 0.2) is 58.8 Å². The van der Waals surface area contributed by atoms with E-state index in [9.17, 15) is 37.5 Å². The van der Waals surface area contributed by atoms with E-state index in [4.69, 9.17) is 0 Å². The Morgan fingerprint density at radius 2 is 1.79 bits per heavy atom. The van der Waals surface area contributed by atoms with Gasteiger partial charge in [-0.25, -0.2) is 0 Å². The van der Waals surface area contributed by atoms with Gasteiger partial charge in [0.1, 0.15) is 17.6 Å². The number of benzene rings is 2. The first-order valence-corrected chi connectivity index (χ1v) is 12.1. The largest absolute Gasteiger partial charge is 0.573 e. The molecule has 39 heavy (non-hydrogen) atoms. The van der Waals surface area contributed by atoms with Gasteiger partial charge in [-0.1, -0.05) is 18.2 Å². The quantitative estimate of drug-likeness (QED) is 0.435. The fraction of sp³-hybridized carbons (Fsp3) is 0.296. The molecule has 2 aromatic rings. The van der Waals surface area contributed by atoms with Gasteiger partial charge in [0.2, 0.25) is 11.8 Å². The topological polar surface area (TPSA) is 125 Å². The SMILES string of the molecule is O=C1CCC(N2Cc3c(N=CC4=C(O)CC(c5ccc(OC(F)(F)F)cc5)CC4=O)cccc3C2=O)C(=O)N1. The summed E-state index contributed by atoms with van der Waals surface area (Å²) in [6.45, 7) is 0.100. The lowest BCUT2D eigenvalue weighted by Gasteiger charge is -2.29. The molecule has 0 radical (unpaired) electrons. The summed E-state index contributed by atoms with van der Waals surface area (Å²) in [5.41, 5.74) is 1.90. The molecule has 3 aliphatic rings. The summed E-state index contributed by atoms with van der Waals surface area (Å²) in [5.74, 6) is -2.69. The van der Waals surface area contributed by atoms with Crippen LogP contribution < -0.4 is 10.1 Å². The number of hydrogen-bond acceptors (Lipinski definition) is 7. The lowest BCUT2D eigenvalue weighted by Crippen LogP contribution is -2.52. The number of imide groups is 1. The number of amides is 3. The van der Waals surface area contributed by atoms with Crippen LogP contribution in [-0.4, -0.2) is 52.1 Å². The van der Waals surface area contributed by atoms with Crippen molar-refractivity contribution in [2.24, 2.45) is 4.99 Å². The number of aliphatic hydroxyl groups excluding tert-OH is 1. The van der Waals surface area contributed by atoms with E-state index < -0.39 is 30.0 Å². The number of aliphatic imine (C=N–C) groups is 1. The van der Waals surface area contributed by atoms with Crippen molar-refractivity contribution in [3.05, 3.63) is 70.5 Å². The number of allylic oxidation sites excluding steroid dienone is 2. The minimum Gasteiger partial charge on any atom is -0.511 e. The molecule has 2 N–H and O–H groups in total. The number of alkyl halides is 3. The highest BCUT2D eigenvalue weighted by Gasteiger charge is 2.40. The summed E-state index contributed by atoms with van der Waals surface area (Å²) in [6, 6.07) is 9.25. The number of rotatable bonds is 5. The van der Waals surface area contributed by atoms with Gasteiger partial charge in [0.15, 0.2) is 5.78 Å². The average molecular weight is 541 g/mol. The zero-order valence-electron chi connectivity index (χ0n) is 20.3. The monoisotopic (exact) mass is 541 g/mol. The average Bonchev–Trinajstić information content (AvgIpc) is 3.20. The molecule has 12 heteroatoms. The lowest BCUT2D eigenvalue weighted by molar-refractivity contribution is -0.274. The van der Waals surface area contributed by atoms with E-state index >= 15 is 0 Å². The third-order valence-electron chi connectivity index (χ3n) is 6.96. The molecular weight excluding hydrogens is 519 g/mol. The summed E-state index contributed by atoms with van der Waals surface area (Å²) in [5, 5.41) is 12.9. The fourth-order valence-corrected chi connectivity index (χ4v) is 5.06. The summed E-state index contributed by atoms with van der Waals surface area (Å²) in [4.78, 5) is 55.4. The van der Waals surface area contributed by atoms with Crippen molar-refractivity contribution in [1.29, 1.82) is 0 Å². The summed E-state index contributed by atoms with van der Waals surface area (Å²) < 4.78 is 41.1. The fourth-order valence-electron chi connectivity index (χ4n) is 5.06. The zero-order chi connectivity index (χ0) is 27.9. The molecule has 9 nitrogen and oxygen atoms in total. The number of aliphatic hydroxyl groups is 1. The van der Waals surface area contributed by atoms with Crippen molar-refractivity contribution in [1.82, 2.24) is 10.2 Å². The van der Waals surface area contributed by atoms with Crippen LogP contribution in [0, 0.1) is 0 Å². The van der Waals surface area contributed by atoms with Gasteiger partial charge in [-0.2, -0.15) is 0 Å². The molecule has 0 bridgehead atoms. The van der Waals surface area contributed by atoms with Crippen molar-refractivity contribution in [2.45, 2.75) is 50.6 Å². The standard InChI is InChI=1S/C27H22F3N3O6/c28-27(29,30)39-16-6-4-14(5-7-16)15-10-22(34)18(23(35)11-15)12-31-20-3-1-2-17-19(20)13-33(26(17)38)21-8-9-24(36)32-25(21)37/h1-7,12,15,21,34H,8-11,13H2,(H,32,36,37). The van der Waals surface area contributed by atoms with Gasteiger partial charge in [0.25, 0.3) is 5.91 Å². The highest BCUT2D eigenvalue weighted by molar-refractivity contribution is 6.15. The van der Waals surface area contributed by atoms with Crippen molar-refractivity contribution < 1.29 is 42.2 Å². The smallest absolute Gasteiger partial charge is 0.511 e. The van der Waals surface area contributed by atoms with E-state index in [1.54, 1.807) is 18.2 Å². The van der Waals surface area contributed by atoms with Gasteiger partial charge < -0.3 is 14.7 Å². The summed E-state index contributed by atoms with van der Waals surface area (Å²) >= 11 is 0. The van der Waals surface area contributed by atoms with Crippen LogP contribution in [0.3, 0.4) is 0 Å². The second kappa shape index (κ2) is 10.0. The molecule has 5 rings (SSSR count). The number of nitrogens with one attached hydrogen (secondary N) is 1. The number of ketones is 1. The van der Waals surface area contributed by atoms with E-state index in [2.05, 4.69) is 15.0 Å². The van der Waals surface area contributed by atoms with Crippen LogP contribution in [0.1, 0.15) is 53.1 Å². The molecule has 1 fully saturated rings. The van der Waals surface area contributed by atoms with Gasteiger partial charge >= 0.3 is 6.36 Å². The highest BCUT2D eigenvalue weighted by atomic mass is 19.4. The van der Waals surface area contributed by atoms with E-state index in [-0.39, 0.29) is 61.1 Å². The maximum absolute atomic E-state index is 13.0. The number of Topliss-reactive ketones (excluding diaryl/α,β-unsaturated/α-hetero) is 1. The molecule has 0 spiro atoms. The van der Waals surface area contributed by atoms with Crippen molar-refractivity contribution in [2.75, 3.05) is 0 Å². The second-order valence-corrected chi connectivity index (χ2v) is 9.47. The Labute approximate surface area is 220 Å². The number of piperidine rings is 1. The van der Waals surface area contributed by atoms with Crippen LogP contribution in [0.25, 0.3) is 0 Å². The third-order valence-corrected chi connectivity index (χ3v) is 6.96. The minimum atomic E-state index is -4.81. The Balaban J connectivity index is 1.32. The maximum atomic E-state index is 13.0. The Morgan fingerprint density at radius 1 is 1.05 bits per heavy atom. The molecule has 0 aromatic heterocycles. The minimum absolute atomic E-state index is 0.00669. The molecule has 1 aliphatic carbocycles. The molecule has 3 amide bonds. The molecule has 2 aromatic carbocycles. The van der Waals surface area contributed by atoms with E-state index in [0.717, 1.165) is 12.1 Å². The molecule has 2 atom stereocenters. The highest BCUT2D eigenvalue weighted by Crippen LogP contribution is 2.36. The van der Waals surface area contributed by atoms with Crippen LogP contribution in [0.5, 0.6) is 5.75 Å². The second-order valence-electron chi connectivity index (χ2n) is 9.47. The van der Waals surface area contributed by atoms with Gasteiger partial charge in [-0.3, -0.25) is 29.5 Å². The first-order chi connectivity index (χ1) is 18.5. The Hall–Kier alpha value is -4.48. The summed E-state index contributed by atoms with van der Waals surface area (Å²) in [6.07, 6.45) is -3.13. The molecular formula is C27H22F3N3O6. The number of halogens is 3. The molecule has 2 heterocycles. The van der Waals surface area contributed by atoms with E-state index in [1.807, 2.05) is 0 Å². The van der Waals surface area contributed by atoms with Crippen LogP contribution in [0.2, 0.25) is 0 Å². The van der Waals surface area contributed by atoms with Gasteiger partial charge in [0.05, 0.1) is 11.3 Å². The number of carbonyl (C=O) groups is 4. The molecule has 1 saturated heterocycles. The molecule has 202 valence electrons. The normalized spacial score (nSPS) is 22.0. The lowest BCUT2D eigenvalue weighted by atomic mass is 9.83. The van der Waals surface area contributed by atoms with E-state index in [0.29, 0.717) is 22.4 Å². The van der Waals surface area contributed by atoms with Crippen LogP contribution >= 0.6 is 0 Å². The predicted molar refractivity (Wildman–Crippen MR) is 130 cm³/mol.